The molecule has 0 saturated carbocycles. The first-order chi connectivity index (χ1) is 6.65. The topological polar surface area (TPSA) is 52.0 Å². The van der Waals surface area contributed by atoms with E-state index in [0.29, 0.717) is 0 Å². The second-order valence-corrected chi connectivity index (χ2v) is 3.45. The fourth-order valence-electron chi connectivity index (χ4n) is 1.54. The van der Waals surface area contributed by atoms with Crippen LogP contribution in [-0.4, -0.2) is 4.98 Å². The summed E-state index contributed by atoms with van der Waals surface area (Å²) in [6.07, 6.45) is 1.57. The van der Waals surface area contributed by atoms with Crippen LogP contribution < -0.4 is 5.73 Å². The lowest BCUT2D eigenvalue weighted by Gasteiger charge is -2.00. The number of nitrogen functional groups attached to an aromatic ring is 1. The Kier molecular flexibility index (Phi) is 2.00. The maximum absolute atomic E-state index is 5.41. The fourth-order valence-corrected chi connectivity index (χ4v) is 1.54. The van der Waals surface area contributed by atoms with Crippen LogP contribution in [0.3, 0.4) is 0 Å². The third kappa shape index (κ3) is 1.62. The van der Waals surface area contributed by atoms with E-state index in [2.05, 4.69) is 37.0 Å². The lowest BCUT2D eigenvalue weighted by Crippen LogP contribution is -1.85. The van der Waals surface area contributed by atoms with Gasteiger partial charge in [-0.1, -0.05) is 17.2 Å². The van der Waals surface area contributed by atoms with Gasteiger partial charge in [-0.05, 0) is 26.0 Å². The first kappa shape index (κ1) is 8.81. The van der Waals surface area contributed by atoms with Crippen LogP contribution in [0, 0.1) is 13.8 Å². The van der Waals surface area contributed by atoms with Crippen molar-refractivity contribution in [3.8, 4) is 11.3 Å². The molecule has 0 saturated heterocycles. The molecule has 72 valence electrons. The summed E-state index contributed by atoms with van der Waals surface area (Å²) in [5.41, 5.74) is 9.66. The van der Waals surface area contributed by atoms with Crippen molar-refractivity contribution in [1.82, 2.24) is 4.98 Å². The van der Waals surface area contributed by atoms with Gasteiger partial charge in [0.25, 0.3) is 6.01 Å². The highest BCUT2D eigenvalue weighted by Crippen LogP contribution is 2.21. The monoisotopic (exact) mass is 188 g/mol. The van der Waals surface area contributed by atoms with Gasteiger partial charge in [-0.2, -0.15) is 4.98 Å². The molecule has 0 aliphatic heterocycles. The molecular formula is C11H12N2O. The number of aromatic nitrogens is 1. The van der Waals surface area contributed by atoms with Crippen molar-refractivity contribution in [2.24, 2.45) is 0 Å². The summed E-state index contributed by atoms with van der Waals surface area (Å²) < 4.78 is 4.97. The van der Waals surface area contributed by atoms with Crippen LogP contribution in [0.2, 0.25) is 0 Å². The Morgan fingerprint density at radius 1 is 1.14 bits per heavy atom. The number of rotatable bonds is 1. The van der Waals surface area contributed by atoms with Crippen LogP contribution in [-0.2, 0) is 0 Å². The Balaban J connectivity index is 2.51. The van der Waals surface area contributed by atoms with E-state index in [1.165, 1.54) is 11.1 Å². The van der Waals surface area contributed by atoms with Gasteiger partial charge in [-0.25, -0.2) is 0 Å². The standard InChI is InChI=1S/C11H12N2O/c1-7-3-8(2)5-9(4-7)10-6-14-11(12)13-10/h3-6H,1-2H3,(H2,12,13). The average Bonchev–Trinajstić information content (AvgIpc) is 2.50. The summed E-state index contributed by atoms with van der Waals surface area (Å²) in [7, 11) is 0. The smallest absolute Gasteiger partial charge is 0.292 e. The Labute approximate surface area is 82.6 Å². The number of anilines is 1. The molecule has 1 aromatic heterocycles. The van der Waals surface area contributed by atoms with Crippen LogP contribution in [0.25, 0.3) is 11.3 Å². The van der Waals surface area contributed by atoms with Crippen molar-refractivity contribution in [1.29, 1.82) is 0 Å². The van der Waals surface area contributed by atoms with Crippen LogP contribution in [0.15, 0.2) is 28.9 Å². The quantitative estimate of drug-likeness (QED) is 0.748. The van der Waals surface area contributed by atoms with Gasteiger partial charge >= 0.3 is 0 Å². The van der Waals surface area contributed by atoms with E-state index in [1.807, 2.05) is 0 Å². The highest BCUT2D eigenvalue weighted by atomic mass is 16.4. The molecule has 3 nitrogen and oxygen atoms in total. The number of nitrogens with two attached hydrogens (primary N) is 1. The fraction of sp³-hybridized carbons (Fsp3) is 0.182. The number of aryl methyl sites for hydroxylation is 2. The largest absolute Gasteiger partial charge is 0.432 e. The predicted octanol–water partition coefficient (Wildman–Crippen LogP) is 2.54. The van der Waals surface area contributed by atoms with Crippen LogP contribution in [0.1, 0.15) is 11.1 Å². The minimum absolute atomic E-state index is 0.208. The highest BCUT2D eigenvalue weighted by molar-refractivity contribution is 5.61. The number of benzene rings is 1. The molecule has 0 bridgehead atoms. The van der Waals surface area contributed by atoms with Crippen molar-refractivity contribution < 1.29 is 4.42 Å². The Bertz CT molecular complexity index is 440. The van der Waals surface area contributed by atoms with Gasteiger partial charge in [0.05, 0.1) is 0 Å². The zero-order valence-corrected chi connectivity index (χ0v) is 8.24. The summed E-state index contributed by atoms with van der Waals surface area (Å²) in [5, 5.41) is 0. The molecule has 0 aliphatic rings. The van der Waals surface area contributed by atoms with E-state index in [9.17, 15) is 0 Å². The summed E-state index contributed by atoms with van der Waals surface area (Å²) in [5.74, 6) is 0. The number of hydrogen-bond donors (Lipinski definition) is 1. The van der Waals surface area contributed by atoms with Crippen molar-refractivity contribution in [2.75, 3.05) is 5.73 Å². The first-order valence-corrected chi connectivity index (χ1v) is 4.45. The molecule has 0 unspecified atom stereocenters. The third-order valence-electron chi connectivity index (χ3n) is 2.04. The average molecular weight is 188 g/mol. The highest BCUT2D eigenvalue weighted by Gasteiger charge is 2.04. The van der Waals surface area contributed by atoms with E-state index in [0.717, 1.165) is 11.3 Å². The van der Waals surface area contributed by atoms with Gasteiger partial charge in [0.2, 0.25) is 0 Å². The molecule has 2 aromatic rings. The lowest BCUT2D eigenvalue weighted by atomic mass is 10.1. The van der Waals surface area contributed by atoms with Crippen LogP contribution in [0.4, 0.5) is 6.01 Å². The molecule has 3 heteroatoms. The van der Waals surface area contributed by atoms with E-state index >= 15 is 0 Å². The van der Waals surface area contributed by atoms with E-state index in [4.69, 9.17) is 10.2 Å². The first-order valence-electron chi connectivity index (χ1n) is 4.45. The van der Waals surface area contributed by atoms with Gasteiger partial charge in [-0.3, -0.25) is 0 Å². The van der Waals surface area contributed by atoms with E-state index in [-0.39, 0.29) is 6.01 Å². The second-order valence-electron chi connectivity index (χ2n) is 3.45. The van der Waals surface area contributed by atoms with Crippen LogP contribution in [0.5, 0.6) is 0 Å². The molecule has 0 fully saturated rings. The molecular weight excluding hydrogens is 176 g/mol. The van der Waals surface area contributed by atoms with Gasteiger partial charge in [-0.15, -0.1) is 0 Å². The third-order valence-corrected chi connectivity index (χ3v) is 2.04. The molecule has 0 radical (unpaired) electrons. The number of nitrogens with zero attached hydrogens (tertiary/aromatic N) is 1. The molecule has 1 aromatic carbocycles. The van der Waals surface area contributed by atoms with Gasteiger partial charge in [0.15, 0.2) is 0 Å². The molecule has 0 atom stereocenters. The molecule has 2 rings (SSSR count). The van der Waals surface area contributed by atoms with Gasteiger partial charge in [0, 0.05) is 5.56 Å². The molecule has 0 amide bonds. The summed E-state index contributed by atoms with van der Waals surface area (Å²) >= 11 is 0. The normalized spacial score (nSPS) is 10.4. The van der Waals surface area contributed by atoms with E-state index in [1.54, 1.807) is 6.26 Å². The molecule has 1 heterocycles. The number of hydrogen-bond acceptors (Lipinski definition) is 3. The van der Waals surface area contributed by atoms with E-state index < -0.39 is 0 Å². The Hall–Kier alpha value is -1.77. The zero-order chi connectivity index (χ0) is 10.1. The SMILES string of the molecule is Cc1cc(C)cc(-c2coc(N)n2)c1. The zero-order valence-electron chi connectivity index (χ0n) is 8.24. The maximum Gasteiger partial charge on any atom is 0.292 e. The van der Waals surface area contributed by atoms with Gasteiger partial charge in [0.1, 0.15) is 12.0 Å². The van der Waals surface area contributed by atoms with Gasteiger partial charge < -0.3 is 10.2 Å². The summed E-state index contributed by atoms with van der Waals surface area (Å²) in [4.78, 5) is 4.07. The maximum atomic E-state index is 5.41. The Morgan fingerprint density at radius 3 is 2.29 bits per heavy atom. The molecule has 2 N–H and O–H groups in total. The predicted molar refractivity (Wildman–Crippen MR) is 55.8 cm³/mol. The summed E-state index contributed by atoms with van der Waals surface area (Å²) in [6, 6.07) is 6.45. The van der Waals surface area contributed by atoms with Crippen molar-refractivity contribution in [3.63, 3.8) is 0 Å². The minimum Gasteiger partial charge on any atom is -0.432 e. The minimum atomic E-state index is 0.208. The van der Waals surface area contributed by atoms with Crippen molar-refractivity contribution >= 4 is 6.01 Å². The molecule has 0 aliphatic carbocycles. The summed E-state index contributed by atoms with van der Waals surface area (Å²) in [6.45, 7) is 4.11. The van der Waals surface area contributed by atoms with Crippen molar-refractivity contribution in [2.45, 2.75) is 13.8 Å². The number of oxazole rings is 1. The second kappa shape index (κ2) is 3.18. The lowest BCUT2D eigenvalue weighted by molar-refractivity contribution is 0.581. The molecule has 14 heavy (non-hydrogen) atoms. The van der Waals surface area contributed by atoms with Crippen LogP contribution >= 0.6 is 0 Å². The van der Waals surface area contributed by atoms with Crippen molar-refractivity contribution in [3.05, 3.63) is 35.6 Å². The molecule has 0 spiro atoms. The Morgan fingerprint density at radius 2 is 1.79 bits per heavy atom.